The molecule has 0 unspecified atom stereocenters. The van der Waals surface area contributed by atoms with Crippen molar-refractivity contribution in [2.45, 2.75) is 12.8 Å². The van der Waals surface area contributed by atoms with Crippen molar-refractivity contribution in [3.8, 4) is 5.69 Å². The van der Waals surface area contributed by atoms with E-state index in [2.05, 4.69) is 60.8 Å². The lowest BCUT2D eigenvalue weighted by molar-refractivity contribution is 0.992. The predicted molar refractivity (Wildman–Crippen MR) is 84.0 cm³/mol. The van der Waals surface area contributed by atoms with Crippen LogP contribution in [0.4, 0.5) is 0 Å². The maximum atomic E-state index is 4.15. The average molecular weight is 326 g/mol. The Labute approximate surface area is 124 Å². The van der Waals surface area contributed by atoms with Crippen molar-refractivity contribution in [3.63, 3.8) is 0 Å². The molecule has 98 valence electrons. The molecule has 3 aromatic rings. The minimum absolute atomic E-state index is 1.00. The Balaban J connectivity index is 2.23. The van der Waals surface area contributed by atoms with Crippen molar-refractivity contribution in [1.29, 1.82) is 0 Å². The van der Waals surface area contributed by atoms with E-state index in [1.807, 2.05) is 12.4 Å². The van der Waals surface area contributed by atoms with Crippen molar-refractivity contribution < 1.29 is 0 Å². The number of halogens is 1. The number of aromatic nitrogens is 3. The van der Waals surface area contributed by atoms with Crippen molar-refractivity contribution in [3.05, 3.63) is 52.0 Å². The van der Waals surface area contributed by atoms with Gasteiger partial charge in [-0.2, -0.15) is 0 Å². The van der Waals surface area contributed by atoms with Gasteiger partial charge in [0.05, 0.1) is 23.6 Å². The molecular weight excluding hydrogens is 314 g/mol. The highest BCUT2D eigenvalue weighted by Gasteiger charge is 2.11. The molecule has 0 fully saturated rings. The number of hydrogen-bond donors (Lipinski definition) is 0. The lowest BCUT2D eigenvalue weighted by atomic mass is 10.1. The predicted octanol–water partition coefficient (Wildman–Crippen LogP) is 2.54. The van der Waals surface area contributed by atoms with Gasteiger partial charge >= 0.3 is 0 Å². The maximum Gasteiger partial charge on any atom is 0.115 e. The van der Waals surface area contributed by atoms with Crippen molar-refractivity contribution >= 4 is 39.0 Å². The summed E-state index contributed by atoms with van der Waals surface area (Å²) in [6.45, 7) is 0. The third kappa shape index (κ3) is 1.72. The Hall–Kier alpha value is -1.94. The van der Waals surface area contributed by atoms with Crippen LogP contribution in [-0.2, 0) is 0 Å². The van der Waals surface area contributed by atoms with Gasteiger partial charge in [0, 0.05) is 20.4 Å². The quantitative estimate of drug-likeness (QED) is 0.688. The summed E-state index contributed by atoms with van der Waals surface area (Å²) < 4.78 is 3.32. The molecule has 0 amide bonds. The molecule has 3 nitrogen and oxygen atoms in total. The molecule has 2 heterocycles. The number of nitrogens with zero attached hydrogens (tertiary/aromatic N) is 3. The molecule has 0 saturated heterocycles. The summed E-state index contributed by atoms with van der Waals surface area (Å²) in [5, 5.41) is 3.85. The highest BCUT2D eigenvalue weighted by Crippen LogP contribution is 2.20. The summed E-state index contributed by atoms with van der Waals surface area (Å²) in [6.07, 6.45) is 12.1. The normalized spacial score (nSPS) is 13.7. The first-order valence-corrected chi connectivity index (χ1v) is 7.39. The maximum absolute atomic E-state index is 4.15. The van der Waals surface area contributed by atoms with Crippen molar-refractivity contribution in [2.75, 3.05) is 0 Å². The van der Waals surface area contributed by atoms with Gasteiger partial charge < -0.3 is 4.57 Å². The minimum Gasteiger partial charge on any atom is -0.307 e. The molecule has 0 saturated carbocycles. The topological polar surface area (TPSA) is 30.7 Å². The van der Waals surface area contributed by atoms with Crippen LogP contribution in [0.1, 0.15) is 12.8 Å². The second kappa shape index (κ2) is 4.56. The Kier molecular flexibility index (Phi) is 2.70. The van der Waals surface area contributed by atoms with Crippen LogP contribution in [0.3, 0.4) is 0 Å². The van der Waals surface area contributed by atoms with Crippen LogP contribution in [0, 0.1) is 0 Å². The Morgan fingerprint density at radius 1 is 1.05 bits per heavy atom. The monoisotopic (exact) mass is 325 g/mol. The van der Waals surface area contributed by atoms with Crippen LogP contribution in [0.25, 0.3) is 28.7 Å². The molecule has 4 heteroatoms. The second-order valence-electron chi connectivity index (χ2n) is 4.88. The third-order valence-corrected chi connectivity index (χ3v) is 4.16. The van der Waals surface area contributed by atoms with E-state index in [-0.39, 0.29) is 0 Å². The summed E-state index contributed by atoms with van der Waals surface area (Å²) in [5.74, 6) is 0. The molecule has 0 radical (unpaired) electrons. The SMILES string of the molecule is Brc1ccc2c3c(n(-c4cncnc4)c2c1)=CCCC=3. The van der Waals surface area contributed by atoms with Gasteiger partial charge in [-0.05, 0) is 25.0 Å². The van der Waals surface area contributed by atoms with E-state index < -0.39 is 0 Å². The molecule has 1 aromatic carbocycles. The van der Waals surface area contributed by atoms with E-state index >= 15 is 0 Å². The van der Waals surface area contributed by atoms with Crippen molar-refractivity contribution in [2.24, 2.45) is 0 Å². The smallest absolute Gasteiger partial charge is 0.115 e. The van der Waals surface area contributed by atoms with E-state index in [0.717, 1.165) is 23.0 Å². The minimum atomic E-state index is 1.00. The Morgan fingerprint density at radius 3 is 2.70 bits per heavy atom. The van der Waals surface area contributed by atoms with Crippen LogP contribution >= 0.6 is 15.9 Å². The molecular formula is C16H12BrN3. The highest BCUT2D eigenvalue weighted by atomic mass is 79.9. The molecule has 1 aliphatic rings. The fourth-order valence-corrected chi connectivity index (χ4v) is 3.20. The molecule has 0 spiro atoms. The molecule has 0 atom stereocenters. The van der Waals surface area contributed by atoms with E-state index in [4.69, 9.17) is 0 Å². The summed E-state index contributed by atoms with van der Waals surface area (Å²) in [6, 6.07) is 6.42. The highest BCUT2D eigenvalue weighted by molar-refractivity contribution is 9.10. The summed E-state index contributed by atoms with van der Waals surface area (Å²) in [4.78, 5) is 8.30. The Morgan fingerprint density at radius 2 is 1.85 bits per heavy atom. The molecule has 0 aliphatic heterocycles. The standard InChI is InChI=1S/C16H12BrN3/c17-11-5-6-14-13-3-1-2-4-15(13)20(16(14)7-11)12-8-18-10-19-9-12/h3-10H,1-2H2. The zero-order chi connectivity index (χ0) is 13.5. The zero-order valence-corrected chi connectivity index (χ0v) is 12.3. The van der Waals surface area contributed by atoms with Gasteiger partial charge in [0.1, 0.15) is 6.33 Å². The first kappa shape index (κ1) is 11.9. The zero-order valence-electron chi connectivity index (χ0n) is 10.8. The van der Waals surface area contributed by atoms with Crippen LogP contribution in [0.5, 0.6) is 0 Å². The van der Waals surface area contributed by atoms with Gasteiger partial charge in [0.25, 0.3) is 0 Å². The Bertz CT molecular complexity index is 910. The summed E-state index contributed by atoms with van der Waals surface area (Å²) >= 11 is 3.57. The molecule has 20 heavy (non-hydrogen) atoms. The van der Waals surface area contributed by atoms with E-state index in [1.54, 1.807) is 6.33 Å². The largest absolute Gasteiger partial charge is 0.307 e. The van der Waals surface area contributed by atoms with Gasteiger partial charge in [0.15, 0.2) is 0 Å². The van der Waals surface area contributed by atoms with Crippen LogP contribution in [-0.4, -0.2) is 14.5 Å². The van der Waals surface area contributed by atoms with Gasteiger partial charge in [-0.15, -0.1) is 0 Å². The number of rotatable bonds is 1. The van der Waals surface area contributed by atoms with E-state index in [9.17, 15) is 0 Å². The van der Waals surface area contributed by atoms with E-state index in [1.165, 1.54) is 21.5 Å². The lowest BCUT2D eigenvalue weighted by Crippen LogP contribution is -2.30. The van der Waals surface area contributed by atoms with Crippen LogP contribution in [0.2, 0.25) is 0 Å². The van der Waals surface area contributed by atoms with Gasteiger partial charge in [-0.3, -0.25) is 0 Å². The first-order chi connectivity index (χ1) is 9.84. The lowest BCUT2D eigenvalue weighted by Gasteiger charge is -2.06. The van der Waals surface area contributed by atoms with Crippen LogP contribution < -0.4 is 10.6 Å². The van der Waals surface area contributed by atoms with Crippen LogP contribution in [0.15, 0.2) is 41.4 Å². The van der Waals surface area contributed by atoms with Crippen molar-refractivity contribution in [1.82, 2.24) is 14.5 Å². The number of hydrogen-bond acceptors (Lipinski definition) is 2. The average Bonchev–Trinajstić information content (AvgIpc) is 2.81. The number of fused-ring (bicyclic) bond motifs is 3. The van der Waals surface area contributed by atoms with Gasteiger partial charge in [-0.25, -0.2) is 9.97 Å². The third-order valence-electron chi connectivity index (χ3n) is 3.67. The first-order valence-electron chi connectivity index (χ1n) is 6.60. The number of benzene rings is 1. The molecule has 1 aliphatic carbocycles. The summed E-state index contributed by atoms with van der Waals surface area (Å²) in [5.41, 5.74) is 2.19. The van der Waals surface area contributed by atoms with Gasteiger partial charge in [0.2, 0.25) is 0 Å². The molecule has 0 bridgehead atoms. The second-order valence-corrected chi connectivity index (χ2v) is 5.79. The van der Waals surface area contributed by atoms with E-state index in [0.29, 0.717) is 0 Å². The molecule has 2 aromatic heterocycles. The molecule has 4 rings (SSSR count). The van der Waals surface area contributed by atoms with Gasteiger partial charge in [-0.1, -0.05) is 34.1 Å². The molecule has 0 N–H and O–H groups in total. The fraction of sp³-hybridized carbons (Fsp3) is 0.125. The summed E-state index contributed by atoms with van der Waals surface area (Å²) in [7, 11) is 0. The fourth-order valence-electron chi connectivity index (χ4n) is 2.85.